The first-order chi connectivity index (χ1) is 9.69. The molecule has 1 fully saturated rings. The Morgan fingerprint density at radius 1 is 1.60 bits per heavy atom. The number of esters is 2. The van der Waals surface area contributed by atoms with E-state index in [-0.39, 0.29) is 6.61 Å². The fourth-order valence-electron chi connectivity index (χ4n) is 2.26. The number of thiophene rings is 1. The highest BCUT2D eigenvalue weighted by molar-refractivity contribution is 7.10. The minimum absolute atomic E-state index is 0.266. The molecule has 1 aromatic rings. The molecule has 4 nitrogen and oxygen atoms in total. The van der Waals surface area contributed by atoms with Crippen LogP contribution in [0.2, 0.25) is 0 Å². The van der Waals surface area contributed by atoms with Gasteiger partial charge in [-0.05, 0) is 43.7 Å². The summed E-state index contributed by atoms with van der Waals surface area (Å²) in [6, 6.07) is 3.94. The molecule has 0 N–H and O–H groups in total. The standard InChI is InChI=1S/C15H18O4S/c1-2-18-13(16)15(9-5-10-19-14(15)17)8-3-6-12-7-4-11-20-12/h3-4,6-7,11H,2,5,8-10H2,1H3/b6-3+/t15-/m0/s1. The average molecular weight is 294 g/mol. The number of carbonyl (C=O) groups is 2. The summed E-state index contributed by atoms with van der Waals surface area (Å²) in [5.74, 6) is -0.932. The van der Waals surface area contributed by atoms with Crippen LogP contribution in [-0.4, -0.2) is 25.2 Å². The Balaban J connectivity index is 2.14. The van der Waals surface area contributed by atoms with E-state index in [1.165, 1.54) is 0 Å². The van der Waals surface area contributed by atoms with Gasteiger partial charge in [0.25, 0.3) is 0 Å². The van der Waals surface area contributed by atoms with Crippen molar-refractivity contribution in [3.05, 3.63) is 28.5 Å². The van der Waals surface area contributed by atoms with Gasteiger partial charge in [0.05, 0.1) is 13.2 Å². The summed E-state index contributed by atoms with van der Waals surface area (Å²) >= 11 is 1.61. The predicted molar refractivity (Wildman–Crippen MR) is 77.2 cm³/mol. The quantitative estimate of drug-likeness (QED) is 0.618. The van der Waals surface area contributed by atoms with Crippen molar-refractivity contribution in [3.63, 3.8) is 0 Å². The van der Waals surface area contributed by atoms with Crippen molar-refractivity contribution in [3.8, 4) is 0 Å². The SMILES string of the molecule is CCOC(=O)[C@]1(C/C=C/c2cccs2)CCCOC1=O. The number of cyclic esters (lactones) is 1. The summed E-state index contributed by atoms with van der Waals surface area (Å²) < 4.78 is 10.1. The number of ether oxygens (including phenoxy) is 2. The summed E-state index contributed by atoms with van der Waals surface area (Å²) in [6.07, 6.45) is 5.28. The maximum atomic E-state index is 12.2. The zero-order chi connectivity index (χ0) is 14.4. The normalized spacial score (nSPS) is 22.8. The second kappa shape index (κ2) is 6.70. The van der Waals surface area contributed by atoms with E-state index in [4.69, 9.17) is 9.47 Å². The van der Waals surface area contributed by atoms with Crippen LogP contribution in [-0.2, 0) is 19.1 Å². The minimum Gasteiger partial charge on any atom is -0.465 e. The van der Waals surface area contributed by atoms with E-state index in [9.17, 15) is 9.59 Å². The van der Waals surface area contributed by atoms with E-state index in [0.717, 1.165) is 4.88 Å². The van der Waals surface area contributed by atoms with Crippen LogP contribution in [0.5, 0.6) is 0 Å². The highest BCUT2D eigenvalue weighted by atomic mass is 32.1. The lowest BCUT2D eigenvalue weighted by Crippen LogP contribution is -2.44. The van der Waals surface area contributed by atoms with Gasteiger partial charge >= 0.3 is 11.9 Å². The Labute approximate surface area is 122 Å². The van der Waals surface area contributed by atoms with Crippen LogP contribution in [0.25, 0.3) is 6.08 Å². The molecule has 1 aliphatic heterocycles. The van der Waals surface area contributed by atoms with Crippen LogP contribution < -0.4 is 0 Å². The monoisotopic (exact) mass is 294 g/mol. The largest absolute Gasteiger partial charge is 0.465 e. The molecule has 0 radical (unpaired) electrons. The van der Waals surface area contributed by atoms with Crippen molar-refractivity contribution in [2.45, 2.75) is 26.2 Å². The molecule has 1 saturated heterocycles. The molecule has 1 aromatic heterocycles. The number of rotatable bonds is 5. The first-order valence-corrected chi connectivity index (χ1v) is 7.61. The van der Waals surface area contributed by atoms with Gasteiger partial charge in [-0.2, -0.15) is 0 Å². The Bertz CT molecular complexity index is 492. The average Bonchev–Trinajstić information content (AvgIpc) is 2.94. The molecule has 2 rings (SSSR count). The number of hydrogen-bond acceptors (Lipinski definition) is 5. The second-order valence-corrected chi connectivity index (χ2v) is 5.64. The molecular formula is C15H18O4S. The van der Waals surface area contributed by atoms with E-state index < -0.39 is 17.4 Å². The zero-order valence-electron chi connectivity index (χ0n) is 11.5. The molecular weight excluding hydrogens is 276 g/mol. The van der Waals surface area contributed by atoms with Gasteiger partial charge in [0.2, 0.25) is 0 Å². The molecule has 108 valence electrons. The van der Waals surface area contributed by atoms with Gasteiger partial charge in [0.1, 0.15) is 0 Å². The lowest BCUT2D eigenvalue weighted by molar-refractivity contribution is -0.177. The van der Waals surface area contributed by atoms with E-state index in [0.29, 0.717) is 25.9 Å². The highest BCUT2D eigenvalue weighted by Crippen LogP contribution is 2.36. The van der Waals surface area contributed by atoms with Gasteiger partial charge in [-0.1, -0.05) is 12.1 Å². The van der Waals surface area contributed by atoms with Crippen molar-refractivity contribution in [2.75, 3.05) is 13.2 Å². The maximum absolute atomic E-state index is 12.2. The van der Waals surface area contributed by atoms with E-state index in [2.05, 4.69) is 0 Å². The van der Waals surface area contributed by atoms with Crippen LogP contribution >= 0.6 is 11.3 Å². The molecule has 0 amide bonds. The number of hydrogen-bond donors (Lipinski definition) is 0. The first kappa shape index (κ1) is 14.8. The molecule has 2 heterocycles. The van der Waals surface area contributed by atoms with Crippen LogP contribution in [0.3, 0.4) is 0 Å². The highest BCUT2D eigenvalue weighted by Gasteiger charge is 2.49. The van der Waals surface area contributed by atoms with Crippen molar-refractivity contribution in [1.29, 1.82) is 0 Å². The molecule has 5 heteroatoms. The lowest BCUT2D eigenvalue weighted by atomic mass is 9.78. The Morgan fingerprint density at radius 2 is 2.45 bits per heavy atom. The summed E-state index contributed by atoms with van der Waals surface area (Å²) in [4.78, 5) is 25.3. The molecule has 1 aliphatic rings. The number of carbonyl (C=O) groups excluding carboxylic acids is 2. The maximum Gasteiger partial charge on any atom is 0.323 e. The van der Waals surface area contributed by atoms with Crippen molar-refractivity contribution in [1.82, 2.24) is 0 Å². The Hall–Kier alpha value is -1.62. The fraction of sp³-hybridized carbons (Fsp3) is 0.467. The molecule has 0 aliphatic carbocycles. The van der Waals surface area contributed by atoms with Gasteiger partial charge in [0, 0.05) is 4.88 Å². The second-order valence-electron chi connectivity index (χ2n) is 4.66. The zero-order valence-corrected chi connectivity index (χ0v) is 12.3. The summed E-state index contributed by atoms with van der Waals surface area (Å²) in [5, 5.41) is 1.98. The molecule has 0 aromatic carbocycles. The first-order valence-electron chi connectivity index (χ1n) is 6.73. The van der Waals surface area contributed by atoms with Gasteiger partial charge < -0.3 is 9.47 Å². The van der Waals surface area contributed by atoms with E-state index in [1.807, 2.05) is 29.7 Å². The molecule has 0 saturated carbocycles. The van der Waals surface area contributed by atoms with Crippen LogP contribution in [0, 0.1) is 5.41 Å². The van der Waals surface area contributed by atoms with Crippen LogP contribution in [0.4, 0.5) is 0 Å². The Kier molecular flexibility index (Phi) is 4.95. The third kappa shape index (κ3) is 3.10. The Morgan fingerprint density at radius 3 is 3.10 bits per heavy atom. The number of allylic oxidation sites excluding steroid dienone is 1. The minimum atomic E-state index is -1.16. The van der Waals surface area contributed by atoms with Crippen molar-refractivity contribution < 1.29 is 19.1 Å². The third-order valence-electron chi connectivity index (χ3n) is 3.33. The summed E-state index contributed by atoms with van der Waals surface area (Å²) in [7, 11) is 0. The van der Waals surface area contributed by atoms with Crippen molar-refractivity contribution >= 4 is 29.4 Å². The van der Waals surface area contributed by atoms with Gasteiger partial charge in [-0.25, -0.2) is 0 Å². The molecule has 0 unspecified atom stereocenters. The third-order valence-corrected chi connectivity index (χ3v) is 4.17. The molecule has 0 bridgehead atoms. The predicted octanol–water partition coefficient (Wildman–Crippen LogP) is 3.04. The fourth-order valence-corrected chi connectivity index (χ4v) is 2.91. The molecule has 1 atom stereocenters. The van der Waals surface area contributed by atoms with Crippen LogP contribution in [0.1, 0.15) is 31.1 Å². The van der Waals surface area contributed by atoms with Gasteiger partial charge in [-0.3, -0.25) is 9.59 Å². The summed E-state index contributed by atoms with van der Waals surface area (Å²) in [6.45, 7) is 2.39. The van der Waals surface area contributed by atoms with Gasteiger partial charge in [-0.15, -0.1) is 11.3 Å². The molecule has 0 spiro atoms. The lowest BCUT2D eigenvalue weighted by Gasteiger charge is -2.31. The van der Waals surface area contributed by atoms with Crippen molar-refractivity contribution in [2.24, 2.45) is 5.41 Å². The summed E-state index contributed by atoms with van der Waals surface area (Å²) in [5.41, 5.74) is -1.16. The van der Waals surface area contributed by atoms with Crippen LogP contribution in [0.15, 0.2) is 23.6 Å². The van der Waals surface area contributed by atoms with E-state index >= 15 is 0 Å². The van der Waals surface area contributed by atoms with E-state index in [1.54, 1.807) is 18.3 Å². The topological polar surface area (TPSA) is 52.6 Å². The smallest absolute Gasteiger partial charge is 0.323 e. The molecule has 20 heavy (non-hydrogen) atoms. The van der Waals surface area contributed by atoms with Gasteiger partial charge in [0.15, 0.2) is 5.41 Å².